The number of rotatable bonds is 0. The van der Waals surface area contributed by atoms with Crippen LogP contribution in [0.3, 0.4) is 0 Å². The van der Waals surface area contributed by atoms with Gasteiger partial charge in [0.05, 0.1) is 12.0 Å². The summed E-state index contributed by atoms with van der Waals surface area (Å²) in [6, 6.07) is 1.85. The van der Waals surface area contributed by atoms with Crippen LogP contribution in [-0.4, -0.2) is 11.4 Å². The first-order valence-corrected chi connectivity index (χ1v) is 5.71. The maximum atomic E-state index is 12.0. The summed E-state index contributed by atoms with van der Waals surface area (Å²) in [7, 11) is 0. The number of hydrogen-bond donors (Lipinski definition) is 0. The third-order valence-electron chi connectivity index (χ3n) is 2.90. The average molecular weight is 239 g/mol. The molecule has 86 valence electrons. The summed E-state index contributed by atoms with van der Waals surface area (Å²) in [5, 5.41) is 0.662. The Morgan fingerprint density at radius 3 is 2.62 bits per heavy atom. The molecule has 0 unspecified atom stereocenters. The highest BCUT2D eigenvalue weighted by Crippen LogP contribution is 2.38. The highest BCUT2D eigenvalue weighted by atomic mass is 35.5. The van der Waals surface area contributed by atoms with Crippen molar-refractivity contribution in [3.05, 3.63) is 27.8 Å². The largest absolute Gasteiger partial charge is 0.487 e. The summed E-state index contributed by atoms with van der Waals surface area (Å²) in [6.07, 6.45) is 0.403. The minimum absolute atomic E-state index is 0.116. The van der Waals surface area contributed by atoms with Crippen LogP contribution in [-0.2, 0) is 0 Å². The second kappa shape index (κ2) is 3.49. The molecule has 3 heteroatoms. The summed E-state index contributed by atoms with van der Waals surface area (Å²) in [5.41, 5.74) is 2.01. The number of ether oxygens (including phenoxy) is 1. The van der Waals surface area contributed by atoms with E-state index in [0.29, 0.717) is 22.8 Å². The Kier molecular flexibility index (Phi) is 2.50. The van der Waals surface area contributed by atoms with Crippen LogP contribution in [0, 0.1) is 13.8 Å². The molecule has 0 amide bonds. The number of aryl methyl sites for hydroxylation is 1. The summed E-state index contributed by atoms with van der Waals surface area (Å²) in [6.45, 7) is 7.64. The summed E-state index contributed by atoms with van der Waals surface area (Å²) in [5.74, 6) is 0.784. The molecule has 0 fully saturated rings. The molecule has 16 heavy (non-hydrogen) atoms. The average Bonchev–Trinajstić information content (AvgIpc) is 2.11. The molecule has 0 aliphatic carbocycles. The van der Waals surface area contributed by atoms with Crippen LogP contribution in [0.4, 0.5) is 0 Å². The molecule has 0 saturated carbocycles. The van der Waals surface area contributed by atoms with Gasteiger partial charge in [-0.3, -0.25) is 4.79 Å². The zero-order valence-corrected chi connectivity index (χ0v) is 10.7. The number of hydrogen-bond acceptors (Lipinski definition) is 2. The Morgan fingerprint density at radius 2 is 2.00 bits per heavy atom. The Balaban J connectivity index is 2.66. The van der Waals surface area contributed by atoms with Crippen molar-refractivity contribution >= 4 is 17.4 Å². The molecule has 0 saturated heterocycles. The molecule has 2 nitrogen and oxygen atoms in total. The summed E-state index contributed by atoms with van der Waals surface area (Å²) >= 11 is 6.14. The first-order chi connectivity index (χ1) is 7.32. The van der Waals surface area contributed by atoms with Gasteiger partial charge in [-0.15, -0.1) is 0 Å². The van der Waals surface area contributed by atoms with E-state index in [1.807, 2.05) is 33.8 Å². The van der Waals surface area contributed by atoms with Gasteiger partial charge in [0.2, 0.25) is 0 Å². The van der Waals surface area contributed by atoms with E-state index < -0.39 is 5.60 Å². The van der Waals surface area contributed by atoms with E-state index >= 15 is 0 Å². The van der Waals surface area contributed by atoms with Crippen LogP contribution in [0.2, 0.25) is 5.02 Å². The topological polar surface area (TPSA) is 26.3 Å². The number of halogens is 1. The third kappa shape index (κ3) is 1.71. The fraction of sp³-hybridized carbons (Fsp3) is 0.462. The van der Waals surface area contributed by atoms with Crippen molar-refractivity contribution in [2.75, 3.05) is 0 Å². The SMILES string of the molecule is Cc1cc2c(c(C)c1Cl)C(=O)CC(C)(C)O2. The Morgan fingerprint density at radius 1 is 1.38 bits per heavy atom. The fourth-order valence-corrected chi connectivity index (χ4v) is 2.31. The predicted octanol–water partition coefficient (Wildman–Crippen LogP) is 3.70. The predicted molar refractivity (Wildman–Crippen MR) is 64.6 cm³/mol. The molecule has 0 spiro atoms. The van der Waals surface area contributed by atoms with Crippen molar-refractivity contribution in [2.45, 2.75) is 39.7 Å². The van der Waals surface area contributed by atoms with E-state index in [0.717, 1.165) is 11.1 Å². The number of Topliss-reactive ketones (excluding diaryl/α,β-unsaturated/α-hetero) is 1. The maximum absolute atomic E-state index is 12.0. The maximum Gasteiger partial charge on any atom is 0.170 e. The van der Waals surface area contributed by atoms with Crippen molar-refractivity contribution in [1.82, 2.24) is 0 Å². The lowest BCUT2D eigenvalue weighted by molar-refractivity contribution is 0.0618. The van der Waals surface area contributed by atoms with Gasteiger partial charge in [-0.1, -0.05) is 11.6 Å². The Bertz CT molecular complexity index is 475. The van der Waals surface area contributed by atoms with Crippen LogP contribution >= 0.6 is 11.6 Å². The molecule has 1 heterocycles. The molecule has 0 radical (unpaired) electrons. The van der Waals surface area contributed by atoms with Crippen molar-refractivity contribution in [2.24, 2.45) is 0 Å². The third-order valence-corrected chi connectivity index (χ3v) is 3.48. The van der Waals surface area contributed by atoms with E-state index in [9.17, 15) is 4.79 Å². The van der Waals surface area contributed by atoms with Crippen LogP contribution < -0.4 is 4.74 Å². The Hall–Kier alpha value is -1.02. The molecule has 0 aromatic heterocycles. The lowest BCUT2D eigenvalue weighted by atomic mass is 9.90. The monoisotopic (exact) mass is 238 g/mol. The van der Waals surface area contributed by atoms with Crippen LogP contribution in [0.25, 0.3) is 0 Å². The lowest BCUT2D eigenvalue weighted by Crippen LogP contribution is -2.36. The van der Waals surface area contributed by atoms with Gasteiger partial charge < -0.3 is 4.74 Å². The second-order valence-corrected chi connectivity index (χ2v) is 5.35. The van der Waals surface area contributed by atoms with Gasteiger partial charge >= 0.3 is 0 Å². The number of ketones is 1. The zero-order chi connectivity index (χ0) is 12.1. The van der Waals surface area contributed by atoms with Crippen molar-refractivity contribution in [1.29, 1.82) is 0 Å². The quantitative estimate of drug-likeness (QED) is 0.689. The van der Waals surface area contributed by atoms with Crippen LogP contribution in [0.15, 0.2) is 6.07 Å². The number of fused-ring (bicyclic) bond motifs is 1. The van der Waals surface area contributed by atoms with Crippen molar-refractivity contribution < 1.29 is 9.53 Å². The first kappa shape index (κ1) is 11.5. The van der Waals surface area contributed by atoms with E-state index in [1.165, 1.54) is 0 Å². The van der Waals surface area contributed by atoms with E-state index in [1.54, 1.807) is 0 Å². The number of benzene rings is 1. The zero-order valence-electron chi connectivity index (χ0n) is 9.98. The van der Waals surface area contributed by atoms with Crippen molar-refractivity contribution in [3.63, 3.8) is 0 Å². The molecule has 2 rings (SSSR count). The van der Waals surface area contributed by atoms with Gasteiger partial charge in [0, 0.05) is 5.02 Å². The molecule has 0 bridgehead atoms. The molecule has 1 aromatic rings. The fourth-order valence-electron chi connectivity index (χ4n) is 2.16. The smallest absolute Gasteiger partial charge is 0.170 e. The van der Waals surface area contributed by atoms with Gasteiger partial charge in [-0.2, -0.15) is 0 Å². The Labute approximate surface area is 101 Å². The molecule has 0 atom stereocenters. The molecule has 1 aliphatic heterocycles. The molecule has 1 aromatic carbocycles. The lowest BCUT2D eigenvalue weighted by Gasteiger charge is -2.32. The van der Waals surface area contributed by atoms with Gasteiger partial charge in [0.15, 0.2) is 5.78 Å². The van der Waals surface area contributed by atoms with E-state index in [-0.39, 0.29) is 5.78 Å². The highest BCUT2D eigenvalue weighted by molar-refractivity contribution is 6.32. The number of carbonyl (C=O) groups excluding carboxylic acids is 1. The van der Waals surface area contributed by atoms with Crippen LogP contribution in [0.1, 0.15) is 41.8 Å². The highest BCUT2D eigenvalue weighted by Gasteiger charge is 2.34. The van der Waals surface area contributed by atoms with Gasteiger partial charge in [-0.05, 0) is 44.9 Å². The first-order valence-electron chi connectivity index (χ1n) is 5.34. The minimum atomic E-state index is -0.420. The number of carbonyl (C=O) groups is 1. The molecule has 1 aliphatic rings. The molecular weight excluding hydrogens is 224 g/mol. The van der Waals surface area contributed by atoms with E-state index in [2.05, 4.69) is 0 Å². The van der Waals surface area contributed by atoms with Gasteiger partial charge in [0.1, 0.15) is 11.4 Å². The van der Waals surface area contributed by atoms with E-state index in [4.69, 9.17) is 16.3 Å². The summed E-state index contributed by atoms with van der Waals surface area (Å²) < 4.78 is 5.83. The summed E-state index contributed by atoms with van der Waals surface area (Å²) in [4.78, 5) is 12.0. The van der Waals surface area contributed by atoms with Crippen molar-refractivity contribution in [3.8, 4) is 5.75 Å². The van der Waals surface area contributed by atoms with Crippen LogP contribution in [0.5, 0.6) is 5.75 Å². The standard InChI is InChI=1S/C13H15ClO2/c1-7-5-10-11(8(2)12(7)14)9(15)6-13(3,4)16-10/h5H,6H2,1-4H3. The van der Waals surface area contributed by atoms with Gasteiger partial charge in [-0.25, -0.2) is 0 Å². The molecular formula is C13H15ClO2. The van der Waals surface area contributed by atoms with Gasteiger partial charge in [0.25, 0.3) is 0 Å². The molecule has 0 N–H and O–H groups in total. The normalized spacial score (nSPS) is 17.9. The minimum Gasteiger partial charge on any atom is -0.487 e. The second-order valence-electron chi connectivity index (χ2n) is 4.97.